The highest BCUT2D eigenvalue weighted by atomic mass is 35.5. The van der Waals surface area contributed by atoms with E-state index >= 15 is 0 Å². The van der Waals surface area contributed by atoms with Crippen molar-refractivity contribution >= 4 is 23.7 Å². The van der Waals surface area contributed by atoms with Crippen molar-refractivity contribution in [3.05, 3.63) is 40.5 Å². The minimum Gasteiger partial charge on any atom is -0.332 e. The number of piperidine rings is 1. The Morgan fingerprint density at radius 2 is 2.35 bits per heavy atom. The number of nitrogens with one attached hydrogen (secondary N) is 1. The van der Waals surface area contributed by atoms with E-state index in [1.807, 2.05) is 23.0 Å². The molecular formula is C15H18ClN5OS. The van der Waals surface area contributed by atoms with Crippen molar-refractivity contribution in [1.82, 2.24) is 25.2 Å². The predicted octanol–water partition coefficient (Wildman–Crippen LogP) is 2.93. The molecule has 1 fully saturated rings. The van der Waals surface area contributed by atoms with E-state index in [2.05, 4.69) is 32.0 Å². The molecule has 4 rings (SSSR count). The van der Waals surface area contributed by atoms with Gasteiger partial charge in [-0.15, -0.1) is 23.7 Å². The molecule has 1 saturated heterocycles. The maximum absolute atomic E-state index is 5.35. The Balaban J connectivity index is 0.00000156. The van der Waals surface area contributed by atoms with Crippen LogP contribution in [-0.4, -0.2) is 33.0 Å². The number of aromatic nitrogens is 4. The second kappa shape index (κ2) is 7.25. The molecular weight excluding hydrogens is 334 g/mol. The predicted molar refractivity (Wildman–Crippen MR) is 91.0 cm³/mol. The van der Waals surface area contributed by atoms with E-state index in [0.29, 0.717) is 24.2 Å². The van der Waals surface area contributed by atoms with E-state index in [1.165, 1.54) is 11.3 Å². The maximum atomic E-state index is 5.35. The third-order valence-corrected chi connectivity index (χ3v) is 4.73. The molecule has 0 saturated carbocycles. The zero-order valence-electron chi connectivity index (χ0n) is 12.5. The van der Waals surface area contributed by atoms with Crippen LogP contribution in [0.1, 0.15) is 29.6 Å². The normalized spacial score (nSPS) is 17.8. The topological polar surface area (TPSA) is 68.8 Å². The Morgan fingerprint density at radius 1 is 1.39 bits per heavy atom. The summed E-state index contributed by atoms with van der Waals surface area (Å²) < 4.78 is 7.36. The molecule has 0 radical (unpaired) electrons. The third-order valence-electron chi connectivity index (χ3n) is 3.85. The van der Waals surface area contributed by atoms with Gasteiger partial charge in [-0.1, -0.05) is 11.2 Å². The first-order chi connectivity index (χ1) is 10.9. The summed E-state index contributed by atoms with van der Waals surface area (Å²) >= 11 is 1.70. The summed E-state index contributed by atoms with van der Waals surface area (Å²) in [7, 11) is 0. The average molecular weight is 352 g/mol. The number of rotatable bonds is 4. The lowest BCUT2D eigenvalue weighted by atomic mass is 10.1. The van der Waals surface area contributed by atoms with Crippen molar-refractivity contribution in [3.63, 3.8) is 0 Å². The van der Waals surface area contributed by atoms with Gasteiger partial charge in [0.25, 0.3) is 5.89 Å². The zero-order valence-corrected chi connectivity index (χ0v) is 14.1. The molecule has 8 heteroatoms. The van der Waals surface area contributed by atoms with Crippen LogP contribution in [0, 0.1) is 0 Å². The number of hydrogen-bond acceptors (Lipinski definition) is 6. The molecule has 0 aromatic carbocycles. The second-order valence-electron chi connectivity index (χ2n) is 5.45. The Bertz CT molecular complexity index is 733. The Kier molecular flexibility index (Phi) is 5.09. The monoisotopic (exact) mass is 351 g/mol. The summed E-state index contributed by atoms with van der Waals surface area (Å²) in [5.41, 5.74) is 0.746. The van der Waals surface area contributed by atoms with Crippen molar-refractivity contribution in [3.8, 4) is 11.6 Å². The standard InChI is InChI=1S/C15H17N5OS.ClH/c1-3-11(10-16-6-1)20-7-5-13(18-20)15-17-14(19-21-15)9-12-4-2-8-22-12;/h2,4-5,7-8,11,16H,1,3,6,9-10H2;1H. The number of nitrogens with zero attached hydrogens (tertiary/aromatic N) is 4. The highest BCUT2D eigenvalue weighted by Gasteiger charge is 2.18. The van der Waals surface area contributed by atoms with Gasteiger partial charge in [0.1, 0.15) is 0 Å². The summed E-state index contributed by atoms with van der Waals surface area (Å²) in [4.78, 5) is 5.68. The SMILES string of the molecule is Cl.c1csc(Cc2noc(-c3ccn(C4CCCNC4)n3)n2)c1. The van der Waals surface area contributed by atoms with Crippen LogP contribution < -0.4 is 5.32 Å². The van der Waals surface area contributed by atoms with Gasteiger partial charge in [-0.25, -0.2) is 0 Å². The van der Waals surface area contributed by atoms with Crippen LogP contribution in [0.15, 0.2) is 34.3 Å². The summed E-state index contributed by atoms with van der Waals surface area (Å²) in [6.07, 6.45) is 5.04. The van der Waals surface area contributed by atoms with Gasteiger partial charge >= 0.3 is 0 Å². The van der Waals surface area contributed by atoms with E-state index in [1.54, 1.807) is 11.3 Å². The van der Waals surface area contributed by atoms with Crippen LogP contribution in [0.2, 0.25) is 0 Å². The van der Waals surface area contributed by atoms with Gasteiger partial charge in [0.2, 0.25) is 0 Å². The van der Waals surface area contributed by atoms with Gasteiger partial charge in [0, 0.05) is 24.0 Å². The van der Waals surface area contributed by atoms with Crippen LogP contribution in [-0.2, 0) is 6.42 Å². The number of halogens is 1. The smallest absolute Gasteiger partial charge is 0.278 e. The van der Waals surface area contributed by atoms with Crippen LogP contribution in [0.5, 0.6) is 0 Å². The first-order valence-electron chi connectivity index (χ1n) is 7.50. The molecule has 3 aromatic rings. The van der Waals surface area contributed by atoms with E-state index < -0.39 is 0 Å². The van der Waals surface area contributed by atoms with Crippen molar-refractivity contribution in [2.45, 2.75) is 25.3 Å². The summed E-state index contributed by atoms with van der Waals surface area (Å²) in [5.74, 6) is 1.19. The van der Waals surface area contributed by atoms with E-state index in [4.69, 9.17) is 4.52 Å². The molecule has 0 aliphatic carbocycles. The van der Waals surface area contributed by atoms with E-state index in [0.717, 1.165) is 25.2 Å². The molecule has 1 unspecified atom stereocenters. The lowest BCUT2D eigenvalue weighted by Gasteiger charge is -2.22. The number of hydrogen-bond donors (Lipinski definition) is 1. The lowest BCUT2D eigenvalue weighted by molar-refractivity contribution is 0.346. The van der Waals surface area contributed by atoms with Crippen molar-refractivity contribution in [2.75, 3.05) is 13.1 Å². The molecule has 3 aromatic heterocycles. The van der Waals surface area contributed by atoms with Gasteiger partial charge in [-0.2, -0.15) is 10.1 Å². The van der Waals surface area contributed by atoms with Crippen molar-refractivity contribution in [2.24, 2.45) is 0 Å². The molecule has 1 aliphatic rings. The fourth-order valence-corrected chi connectivity index (χ4v) is 3.41. The Labute approximate surface area is 144 Å². The second-order valence-corrected chi connectivity index (χ2v) is 6.49. The van der Waals surface area contributed by atoms with Crippen molar-refractivity contribution < 1.29 is 4.52 Å². The molecule has 1 aliphatic heterocycles. The molecule has 1 N–H and O–H groups in total. The fraction of sp³-hybridized carbons (Fsp3) is 0.400. The third kappa shape index (κ3) is 3.63. The first-order valence-corrected chi connectivity index (χ1v) is 8.38. The molecule has 6 nitrogen and oxygen atoms in total. The highest BCUT2D eigenvalue weighted by molar-refractivity contribution is 7.09. The lowest BCUT2D eigenvalue weighted by Crippen LogP contribution is -2.31. The molecule has 4 heterocycles. The fourth-order valence-electron chi connectivity index (χ4n) is 2.71. The molecule has 1 atom stereocenters. The summed E-state index contributed by atoms with van der Waals surface area (Å²) in [5, 5.41) is 14.1. The minimum absolute atomic E-state index is 0. The van der Waals surface area contributed by atoms with Crippen molar-refractivity contribution in [1.29, 1.82) is 0 Å². The maximum Gasteiger partial charge on any atom is 0.278 e. The van der Waals surface area contributed by atoms with Crippen LogP contribution in [0.4, 0.5) is 0 Å². The average Bonchev–Trinajstić information content (AvgIpc) is 3.30. The highest BCUT2D eigenvalue weighted by Crippen LogP contribution is 2.21. The van der Waals surface area contributed by atoms with Gasteiger partial charge < -0.3 is 9.84 Å². The first kappa shape index (κ1) is 16.2. The van der Waals surface area contributed by atoms with Gasteiger partial charge in [0.05, 0.1) is 6.04 Å². The molecule has 0 amide bonds. The molecule has 0 bridgehead atoms. The van der Waals surface area contributed by atoms with E-state index in [9.17, 15) is 0 Å². The van der Waals surface area contributed by atoms with Crippen LogP contribution >= 0.6 is 23.7 Å². The van der Waals surface area contributed by atoms with Crippen LogP contribution in [0.3, 0.4) is 0 Å². The van der Waals surface area contributed by atoms with Gasteiger partial charge in [-0.3, -0.25) is 4.68 Å². The Morgan fingerprint density at radius 3 is 3.13 bits per heavy atom. The zero-order chi connectivity index (χ0) is 14.8. The summed E-state index contributed by atoms with van der Waals surface area (Å²) in [6.45, 7) is 2.06. The van der Waals surface area contributed by atoms with E-state index in [-0.39, 0.29) is 12.4 Å². The van der Waals surface area contributed by atoms with Crippen LogP contribution in [0.25, 0.3) is 11.6 Å². The molecule has 122 valence electrons. The Hall–Kier alpha value is -1.70. The largest absolute Gasteiger partial charge is 0.332 e. The molecule has 23 heavy (non-hydrogen) atoms. The number of thiophene rings is 1. The van der Waals surface area contributed by atoms with Gasteiger partial charge in [-0.05, 0) is 36.9 Å². The molecule has 0 spiro atoms. The quantitative estimate of drug-likeness (QED) is 0.782. The summed E-state index contributed by atoms with van der Waals surface area (Å²) in [6, 6.07) is 6.46. The van der Waals surface area contributed by atoms with Gasteiger partial charge in [0.15, 0.2) is 11.5 Å². The minimum atomic E-state index is 0.